The number of fused-ring (bicyclic) bond motifs is 1. The van der Waals surface area contributed by atoms with E-state index in [0.29, 0.717) is 0 Å². The highest BCUT2D eigenvalue weighted by Gasteiger charge is 2.44. The molecule has 1 aliphatic heterocycles. The van der Waals surface area contributed by atoms with Crippen LogP contribution in [0.4, 0.5) is 5.88 Å². The van der Waals surface area contributed by atoms with Crippen LogP contribution in [-0.4, -0.2) is 47.1 Å². The lowest BCUT2D eigenvalue weighted by molar-refractivity contribution is -0.121. The van der Waals surface area contributed by atoms with Crippen molar-refractivity contribution in [3.8, 4) is 0 Å². The van der Waals surface area contributed by atoms with Gasteiger partial charge in [0.15, 0.2) is 0 Å². The average Bonchev–Trinajstić information content (AvgIpc) is 3.17. The number of aryl methyl sites for hydroxylation is 1. The van der Waals surface area contributed by atoms with Crippen molar-refractivity contribution >= 4 is 35.5 Å². The van der Waals surface area contributed by atoms with Gasteiger partial charge in [-0.15, -0.1) is 0 Å². The fraction of sp³-hybridized carbons (Fsp3) is 0.318. The third kappa shape index (κ3) is 3.75. The number of nitrogens with zero attached hydrogens (tertiary/aromatic N) is 1. The number of hydrogen-bond acceptors (Lipinski definition) is 7. The van der Waals surface area contributed by atoms with E-state index in [1.807, 2.05) is 0 Å². The highest BCUT2D eigenvalue weighted by molar-refractivity contribution is 6.23. The SMILES string of the molecule is CCOC(=O)c1c(C)oc(NC(=O)C(C(C)C)N2C(=O)c3ccccc3C2=O)c1C(N)=O. The van der Waals surface area contributed by atoms with E-state index in [-0.39, 0.29) is 40.5 Å². The summed E-state index contributed by atoms with van der Waals surface area (Å²) < 4.78 is 10.4. The van der Waals surface area contributed by atoms with E-state index in [9.17, 15) is 24.0 Å². The maximum atomic E-state index is 13.2. The zero-order chi connectivity index (χ0) is 23.7. The van der Waals surface area contributed by atoms with Crippen molar-refractivity contribution in [2.24, 2.45) is 11.7 Å². The number of benzene rings is 1. The Morgan fingerprint density at radius 1 is 1.09 bits per heavy atom. The van der Waals surface area contributed by atoms with Crippen LogP contribution in [0.25, 0.3) is 0 Å². The van der Waals surface area contributed by atoms with Crippen LogP contribution in [-0.2, 0) is 9.53 Å². The molecule has 1 aromatic carbocycles. The minimum Gasteiger partial charge on any atom is -0.462 e. The summed E-state index contributed by atoms with van der Waals surface area (Å²) >= 11 is 0. The summed E-state index contributed by atoms with van der Waals surface area (Å²) in [4.78, 5) is 64.1. The number of nitrogens with one attached hydrogen (secondary N) is 1. The van der Waals surface area contributed by atoms with Crippen LogP contribution >= 0.6 is 0 Å². The molecule has 0 fully saturated rings. The Morgan fingerprint density at radius 2 is 1.66 bits per heavy atom. The number of nitrogens with two attached hydrogens (primary N) is 1. The van der Waals surface area contributed by atoms with E-state index in [1.54, 1.807) is 32.9 Å². The fourth-order valence-corrected chi connectivity index (χ4v) is 3.68. The number of ether oxygens (including phenoxy) is 1. The van der Waals surface area contributed by atoms with Gasteiger partial charge in [0.25, 0.3) is 17.7 Å². The zero-order valence-corrected chi connectivity index (χ0v) is 18.1. The van der Waals surface area contributed by atoms with Crippen molar-refractivity contribution in [3.05, 3.63) is 52.3 Å². The molecular formula is C22H23N3O7. The van der Waals surface area contributed by atoms with Crippen molar-refractivity contribution in [2.45, 2.75) is 33.7 Å². The second kappa shape index (κ2) is 8.66. The van der Waals surface area contributed by atoms with Gasteiger partial charge < -0.3 is 14.9 Å². The van der Waals surface area contributed by atoms with Crippen molar-refractivity contribution in [1.29, 1.82) is 0 Å². The van der Waals surface area contributed by atoms with Crippen LogP contribution < -0.4 is 11.1 Å². The third-order valence-electron chi connectivity index (χ3n) is 5.05. The van der Waals surface area contributed by atoms with E-state index in [0.717, 1.165) is 4.90 Å². The number of carbonyl (C=O) groups excluding carboxylic acids is 5. The number of primary amides is 1. The van der Waals surface area contributed by atoms with Gasteiger partial charge in [-0.3, -0.25) is 29.4 Å². The Hall–Kier alpha value is -3.95. The first kappa shape index (κ1) is 22.7. The number of anilines is 1. The molecule has 3 rings (SSSR count). The molecule has 32 heavy (non-hydrogen) atoms. The van der Waals surface area contributed by atoms with Gasteiger partial charge in [-0.05, 0) is 31.9 Å². The number of carbonyl (C=O) groups is 5. The van der Waals surface area contributed by atoms with Crippen molar-refractivity contribution < 1.29 is 33.1 Å². The summed E-state index contributed by atoms with van der Waals surface area (Å²) in [5, 5.41) is 2.42. The molecule has 1 atom stereocenters. The normalized spacial score (nSPS) is 13.8. The molecule has 4 amide bonds. The first-order chi connectivity index (χ1) is 15.1. The van der Waals surface area contributed by atoms with Crippen molar-refractivity contribution in [1.82, 2.24) is 4.90 Å². The van der Waals surface area contributed by atoms with E-state index < -0.39 is 41.6 Å². The molecule has 0 spiro atoms. The molecule has 0 saturated heterocycles. The van der Waals surface area contributed by atoms with Crippen LogP contribution in [0.1, 0.15) is 68.0 Å². The predicted octanol–water partition coefficient (Wildman–Crippen LogP) is 2.12. The molecule has 1 unspecified atom stereocenters. The summed E-state index contributed by atoms with van der Waals surface area (Å²) in [5.41, 5.74) is 5.28. The quantitative estimate of drug-likeness (QED) is 0.494. The second-order valence-corrected chi connectivity index (χ2v) is 7.53. The van der Waals surface area contributed by atoms with Gasteiger partial charge in [0.2, 0.25) is 11.8 Å². The summed E-state index contributed by atoms with van der Waals surface area (Å²) in [6.45, 7) is 6.40. The van der Waals surface area contributed by atoms with E-state index in [2.05, 4.69) is 5.32 Å². The Balaban J connectivity index is 1.98. The van der Waals surface area contributed by atoms with Crippen LogP contribution in [0, 0.1) is 12.8 Å². The standard InChI is InChI=1S/C22H23N3O7/c1-5-31-22(30)14-11(4)32-19(15(14)17(23)26)24-18(27)16(10(2)3)25-20(28)12-8-6-7-9-13(12)21(25)29/h6-10,16H,5H2,1-4H3,(H2,23,26)(H,24,27). The number of esters is 1. The summed E-state index contributed by atoms with van der Waals surface area (Å²) in [6, 6.07) is 5.06. The van der Waals surface area contributed by atoms with Crippen LogP contribution in [0.5, 0.6) is 0 Å². The lowest BCUT2D eigenvalue weighted by Gasteiger charge is -2.28. The zero-order valence-electron chi connectivity index (χ0n) is 18.1. The Morgan fingerprint density at radius 3 is 2.12 bits per heavy atom. The van der Waals surface area contributed by atoms with Gasteiger partial charge in [-0.1, -0.05) is 26.0 Å². The molecule has 0 saturated carbocycles. The maximum Gasteiger partial charge on any atom is 0.342 e. The minimum absolute atomic E-state index is 0.0226. The number of imide groups is 1. The van der Waals surface area contributed by atoms with Gasteiger partial charge in [0, 0.05) is 0 Å². The minimum atomic E-state index is -1.21. The lowest BCUT2D eigenvalue weighted by atomic mass is 10.0. The number of hydrogen-bond donors (Lipinski definition) is 2. The molecular weight excluding hydrogens is 418 g/mol. The van der Waals surface area contributed by atoms with Crippen molar-refractivity contribution in [3.63, 3.8) is 0 Å². The fourth-order valence-electron chi connectivity index (χ4n) is 3.68. The molecule has 3 N–H and O–H groups in total. The molecule has 1 aliphatic rings. The first-order valence-corrected chi connectivity index (χ1v) is 9.98. The molecule has 10 nitrogen and oxygen atoms in total. The summed E-state index contributed by atoms with van der Waals surface area (Å²) in [7, 11) is 0. The highest BCUT2D eigenvalue weighted by atomic mass is 16.5. The Kier molecular flexibility index (Phi) is 6.15. The molecule has 2 heterocycles. The molecule has 10 heteroatoms. The van der Waals surface area contributed by atoms with E-state index in [4.69, 9.17) is 14.9 Å². The Labute approximate surface area is 183 Å². The topological polar surface area (TPSA) is 149 Å². The predicted molar refractivity (Wildman–Crippen MR) is 112 cm³/mol. The van der Waals surface area contributed by atoms with Crippen molar-refractivity contribution in [2.75, 3.05) is 11.9 Å². The lowest BCUT2D eigenvalue weighted by Crippen LogP contribution is -2.50. The summed E-state index contributed by atoms with van der Waals surface area (Å²) in [6.07, 6.45) is 0. The molecule has 2 aromatic rings. The molecule has 0 bridgehead atoms. The number of rotatable bonds is 7. The first-order valence-electron chi connectivity index (χ1n) is 9.98. The van der Waals surface area contributed by atoms with Crippen LogP contribution in [0.2, 0.25) is 0 Å². The summed E-state index contributed by atoms with van der Waals surface area (Å²) in [5.74, 6) is -4.63. The monoisotopic (exact) mass is 441 g/mol. The van der Waals surface area contributed by atoms with Gasteiger partial charge >= 0.3 is 5.97 Å². The molecule has 168 valence electrons. The number of furan rings is 1. The number of amides is 4. The smallest absolute Gasteiger partial charge is 0.342 e. The van der Waals surface area contributed by atoms with Crippen LogP contribution in [0.3, 0.4) is 0 Å². The molecule has 1 aromatic heterocycles. The molecule has 0 aliphatic carbocycles. The largest absolute Gasteiger partial charge is 0.462 e. The van der Waals surface area contributed by atoms with E-state index >= 15 is 0 Å². The molecule has 0 radical (unpaired) electrons. The highest BCUT2D eigenvalue weighted by Crippen LogP contribution is 2.31. The van der Waals surface area contributed by atoms with Gasteiger partial charge in [0.05, 0.1) is 17.7 Å². The van der Waals surface area contributed by atoms with E-state index in [1.165, 1.54) is 19.1 Å². The third-order valence-corrected chi connectivity index (χ3v) is 5.05. The van der Waals surface area contributed by atoms with Crippen LogP contribution in [0.15, 0.2) is 28.7 Å². The Bertz CT molecular complexity index is 1100. The average molecular weight is 441 g/mol. The van der Waals surface area contributed by atoms with Gasteiger partial charge in [-0.2, -0.15) is 0 Å². The van der Waals surface area contributed by atoms with Gasteiger partial charge in [0.1, 0.15) is 22.9 Å². The van der Waals surface area contributed by atoms with Gasteiger partial charge in [-0.25, -0.2) is 4.79 Å². The maximum absolute atomic E-state index is 13.2. The second-order valence-electron chi connectivity index (χ2n) is 7.53.